The van der Waals surface area contributed by atoms with E-state index in [0.29, 0.717) is 17.9 Å². The maximum Gasteiger partial charge on any atom is 0.149 e. The van der Waals surface area contributed by atoms with Crippen LogP contribution in [-0.2, 0) is 9.84 Å². The highest BCUT2D eigenvalue weighted by molar-refractivity contribution is 7.90. The molecule has 0 amide bonds. The molecular formula is C12H20N4O2S. The highest BCUT2D eigenvalue weighted by Gasteiger charge is 2.16. The largest absolute Gasteiger partial charge is 0.384 e. The molecule has 0 aliphatic heterocycles. The Labute approximate surface area is 114 Å². The maximum absolute atomic E-state index is 11.2. The molecule has 6 nitrogen and oxygen atoms in total. The topological polar surface area (TPSA) is 100 Å². The number of nitrogens with one attached hydrogen (secondary N) is 1. The minimum atomic E-state index is -3.03. The molecule has 0 saturated carbocycles. The molecule has 1 heterocycles. The van der Waals surface area contributed by atoms with E-state index in [2.05, 4.69) is 4.98 Å². The summed E-state index contributed by atoms with van der Waals surface area (Å²) in [4.78, 5) is 6.09. The number of sulfone groups is 1. The van der Waals surface area contributed by atoms with Gasteiger partial charge in [0, 0.05) is 25.5 Å². The van der Waals surface area contributed by atoms with Crippen molar-refractivity contribution in [2.75, 3.05) is 30.5 Å². The molecule has 0 aliphatic rings. The van der Waals surface area contributed by atoms with Gasteiger partial charge in [-0.2, -0.15) is 0 Å². The van der Waals surface area contributed by atoms with Crippen LogP contribution in [0.5, 0.6) is 0 Å². The third-order valence-electron chi connectivity index (χ3n) is 2.75. The molecule has 0 bridgehead atoms. The molecule has 1 rings (SSSR count). The molecule has 0 atom stereocenters. The number of amidine groups is 1. The number of aryl methyl sites for hydroxylation is 2. The zero-order valence-electron chi connectivity index (χ0n) is 11.7. The van der Waals surface area contributed by atoms with Gasteiger partial charge in [-0.15, -0.1) is 0 Å². The fourth-order valence-electron chi connectivity index (χ4n) is 1.83. The van der Waals surface area contributed by atoms with Crippen LogP contribution in [0, 0.1) is 19.3 Å². The van der Waals surface area contributed by atoms with Crippen molar-refractivity contribution in [1.29, 1.82) is 5.41 Å². The Bertz CT molecular complexity index is 596. The van der Waals surface area contributed by atoms with Crippen LogP contribution >= 0.6 is 0 Å². The van der Waals surface area contributed by atoms with Crippen LogP contribution in [0.25, 0.3) is 0 Å². The van der Waals surface area contributed by atoms with Gasteiger partial charge in [-0.3, -0.25) is 5.41 Å². The van der Waals surface area contributed by atoms with Crippen molar-refractivity contribution >= 4 is 21.5 Å². The summed E-state index contributed by atoms with van der Waals surface area (Å²) in [5.74, 6) is 0.523. The standard InChI is InChI=1S/C12H20N4O2S/c1-8-7-9(2)15-12(10(8)11(13)14)16(3)5-6-19(4,17)18/h7H,5-6H2,1-4H3,(H3,13,14). The normalized spacial score (nSPS) is 11.4. The Morgan fingerprint density at radius 1 is 1.47 bits per heavy atom. The summed E-state index contributed by atoms with van der Waals surface area (Å²) in [5.41, 5.74) is 7.81. The molecule has 1 aromatic heterocycles. The average Bonchev–Trinajstić information content (AvgIpc) is 2.22. The van der Waals surface area contributed by atoms with E-state index in [1.807, 2.05) is 19.9 Å². The number of rotatable bonds is 5. The SMILES string of the molecule is Cc1cc(C)c(C(=N)N)c(N(C)CCS(C)(=O)=O)n1. The third-order valence-corrected chi connectivity index (χ3v) is 3.68. The van der Waals surface area contributed by atoms with Crippen LogP contribution in [0.3, 0.4) is 0 Å². The summed E-state index contributed by atoms with van der Waals surface area (Å²) < 4.78 is 22.4. The van der Waals surface area contributed by atoms with Gasteiger partial charge in [0.05, 0.1) is 11.3 Å². The van der Waals surface area contributed by atoms with Crippen molar-refractivity contribution in [2.24, 2.45) is 5.73 Å². The molecule has 0 radical (unpaired) electrons. The van der Waals surface area contributed by atoms with Crippen LogP contribution < -0.4 is 10.6 Å². The molecule has 0 fully saturated rings. The first-order valence-electron chi connectivity index (χ1n) is 5.83. The van der Waals surface area contributed by atoms with E-state index in [-0.39, 0.29) is 11.6 Å². The zero-order chi connectivity index (χ0) is 14.8. The van der Waals surface area contributed by atoms with Crippen molar-refractivity contribution in [2.45, 2.75) is 13.8 Å². The van der Waals surface area contributed by atoms with Crippen molar-refractivity contribution in [3.63, 3.8) is 0 Å². The second-order valence-corrected chi connectivity index (χ2v) is 7.00. The molecule has 0 spiro atoms. The lowest BCUT2D eigenvalue weighted by atomic mass is 10.1. The number of aromatic nitrogens is 1. The van der Waals surface area contributed by atoms with Gasteiger partial charge in [0.15, 0.2) is 0 Å². The Morgan fingerprint density at radius 3 is 2.53 bits per heavy atom. The summed E-state index contributed by atoms with van der Waals surface area (Å²) >= 11 is 0. The summed E-state index contributed by atoms with van der Waals surface area (Å²) in [6.45, 7) is 4.03. The smallest absolute Gasteiger partial charge is 0.149 e. The van der Waals surface area contributed by atoms with E-state index >= 15 is 0 Å². The van der Waals surface area contributed by atoms with Gasteiger partial charge in [0.2, 0.25) is 0 Å². The van der Waals surface area contributed by atoms with Crippen molar-refractivity contribution in [3.05, 3.63) is 22.9 Å². The minimum Gasteiger partial charge on any atom is -0.384 e. The van der Waals surface area contributed by atoms with Crippen molar-refractivity contribution in [1.82, 2.24) is 4.98 Å². The number of nitrogens with two attached hydrogens (primary N) is 1. The fraction of sp³-hybridized carbons (Fsp3) is 0.500. The molecule has 7 heteroatoms. The average molecular weight is 284 g/mol. The molecule has 0 aromatic carbocycles. The number of hydrogen-bond donors (Lipinski definition) is 2. The van der Waals surface area contributed by atoms with E-state index in [1.54, 1.807) is 11.9 Å². The van der Waals surface area contributed by atoms with Gasteiger partial charge >= 0.3 is 0 Å². The van der Waals surface area contributed by atoms with Crippen molar-refractivity contribution < 1.29 is 8.42 Å². The summed E-state index contributed by atoms with van der Waals surface area (Å²) in [6, 6.07) is 1.85. The first-order chi connectivity index (χ1) is 8.61. The van der Waals surface area contributed by atoms with E-state index < -0.39 is 9.84 Å². The monoisotopic (exact) mass is 284 g/mol. The quantitative estimate of drug-likeness (QED) is 0.604. The number of nitrogens with zero attached hydrogens (tertiary/aromatic N) is 2. The number of pyridine rings is 1. The zero-order valence-corrected chi connectivity index (χ0v) is 12.5. The summed E-state index contributed by atoms with van der Waals surface area (Å²) in [7, 11) is -1.29. The van der Waals surface area contributed by atoms with Gasteiger partial charge in [-0.05, 0) is 25.5 Å². The molecule has 0 aliphatic carbocycles. The molecular weight excluding hydrogens is 264 g/mol. The fourth-order valence-corrected chi connectivity index (χ4v) is 2.44. The molecule has 0 saturated heterocycles. The van der Waals surface area contributed by atoms with Gasteiger partial charge in [0.1, 0.15) is 21.5 Å². The molecule has 0 unspecified atom stereocenters. The van der Waals surface area contributed by atoms with Crippen LogP contribution in [0.1, 0.15) is 16.8 Å². The Hall–Kier alpha value is -1.63. The van der Waals surface area contributed by atoms with Gasteiger partial charge in [-0.25, -0.2) is 13.4 Å². The second kappa shape index (κ2) is 5.56. The Morgan fingerprint density at radius 2 is 2.05 bits per heavy atom. The predicted molar refractivity (Wildman–Crippen MR) is 77.7 cm³/mol. The lowest BCUT2D eigenvalue weighted by Gasteiger charge is -2.22. The van der Waals surface area contributed by atoms with E-state index in [0.717, 1.165) is 11.3 Å². The van der Waals surface area contributed by atoms with Crippen molar-refractivity contribution in [3.8, 4) is 0 Å². The highest BCUT2D eigenvalue weighted by atomic mass is 32.2. The molecule has 1 aromatic rings. The van der Waals surface area contributed by atoms with E-state index in [4.69, 9.17) is 11.1 Å². The lowest BCUT2D eigenvalue weighted by Crippen LogP contribution is -2.29. The number of nitrogen functional groups attached to an aromatic ring is 1. The van der Waals surface area contributed by atoms with Gasteiger partial charge in [0.25, 0.3) is 0 Å². The Kier molecular flexibility index (Phi) is 4.52. The van der Waals surface area contributed by atoms with E-state index in [9.17, 15) is 8.42 Å². The first kappa shape index (κ1) is 15.4. The van der Waals surface area contributed by atoms with Crippen LogP contribution in [-0.4, -0.2) is 44.8 Å². The van der Waals surface area contributed by atoms with Crippen LogP contribution in [0.15, 0.2) is 6.07 Å². The number of hydrogen-bond acceptors (Lipinski definition) is 5. The first-order valence-corrected chi connectivity index (χ1v) is 7.89. The van der Waals surface area contributed by atoms with Gasteiger partial charge < -0.3 is 10.6 Å². The Balaban J connectivity index is 3.14. The predicted octanol–water partition coefficient (Wildman–Crippen LogP) is 0.463. The van der Waals surface area contributed by atoms with E-state index in [1.165, 1.54) is 6.26 Å². The maximum atomic E-state index is 11.2. The lowest BCUT2D eigenvalue weighted by molar-refractivity contribution is 0.601. The number of anilines is 1. The van der Waals surface area contributed by atoms with Gasteiger partial charge in [-0.1, -0.05) is 0 Å². The summed E-state index contributed by atoms with van der Waals surface area (Å²) in [6.07, 6.45) is 1.20. The second-order valence-electron chi connectivity index (χ2n) is 4.74. The summed E-state index contributed by atoms with van der Waals surface area (Å²) in [5, 5.41) is 7.63. The minimum absolute atomic E-state index is 0.0372. The highest BCUT2D eigenvalue weighted by Crippen LogP contribution is 2.21. The van der Waals surface area contributed by atoms with Crippen LogP contribution in [0.2, 0.25) is 0 Å². The molecule has 106 valence electrons. The third kappa shape index (κ3) is 4.20. The molecule has 19 heavy (non-hydrogen) atoms. The van der Waals surface area contributed by atoms with Crippen LogP contribution in [0.4, 0.5) is 5.82 Å². The molecule has 3 N–H and O–H groups in total.